The van der Waals surface area contributed by atoms with E-state index in [4.69, 9.17) is 9.47 Å². The monoisotopic (exact) mass is 290 g/mol. The lowest BCUT2D eigenvalue weighted by Crippen LogP contribution is -2.43. The van der Waals surface area contributed by atoms with Crippen molar-refractivity contribution in [1.29, 1.82) is 0 Å². The number of hydrogen-bond donors (Lipinski definition) is 2. The van der Waals surface area contributed by atoms with Gasteiger partial charge in [-0.1, -0.05) is 6.42 Å². The molecule has 0 aliphatic heterocycles. The van der Waals surface area contributed by atoms with Gasteiger partial charge < -0.3 is 19.9 Å². The molecule has 0 fully saturated rings. The van der Waals surface area contributed by atoms with E-state index in [1.807, 2.05) is 7.05 Å². The zero-order valence-corrected chi connectivity index (χ0v) is 13.9. The smallest absolute Gasteiger partial charge is 0.0615 e. The number of methoxy groups -OCH3 is 2. The van der Waals surface area contributed by atoms with Crippen molar-refractivity contribution in [3.05, 3.63) is 0 Å². The molecule has 20 heavy (non-hydrogen) atoms. The van der Waals surface area contributed by atoms with Gasteiger partial charge in [0.25, 0.3) is 0 Å². The third-order valence-corrected chi connectivity index (χ3v) is 3.99. The summed E-state index contributed by atoms with van der Waals surface area (Å²) >= 11 is 0. The van der Waals surface area contributed by atoms with Crippen molar-refractivity contribution >= 4 is 0 Å². The molecule has 2 atom stereocenters. The Morgan fingerprint density at radius 1 is 1.20 bits per heavy atom. The number of nitrogens with one attached hydrogen (secondary N) is 1. The molecule has 0 aromatic rings. The van der Waals surface area contributed by atoms with Crippen LogP contribution in [0.4, 0.5) is 0 Å². The Balaban J connectivity index is 4.06. The van der Waals surface area contributed by atoms with E-state index in [1.54, 1.807) is 14.2 Å². The lowest BCUT2D eigenvalue weighted by atomic mass is 9.96. The van der Waals surface area contributed by atoms with Crippen LogP contribution in [-0.2, 0) is 9.47 Å². The Morgan fingerprint density at radius 3 is 2.40 bits per heavy atom. The molecule has 0 saturated carbocycles. The summed E-state index contributed by atoms with van der Waals surface area (Å²) in [5.41, 5.74) is -0.157. The van der Waals surface area contributed by atoms with Crippen molar-refractivity contribution in [3.8, 4) is 0 Å². The van der Waals surface area contributed by atoms with Gasteiger partial charge in [-0.2, -0.15) is 0 Å². The van der Waals surface area contributed by atoms with E-state index < -0.39 is 0 Å². The normalized spacial score (nSPS) is 16.4. The van der Waals surface area contributed by atoms with Crippen molar-refractivity contribution in [1.82, 2.24) is 10.2 Å². The van der Waals surface area contributed by atoms with E-state index in [0.29, 0.717) is 6.04 Å². The highest BCUT2D eigenvalue weighted by molar-refractivity contribution is 4.80. The van der Waals surface area contributed by atoms with Crippen LogP contribution in [0.2, 0.25) is 0 Å². The first-order chi connectivity index (χ1) is 9.52. The van der Waals surface area contributed by atoms with Gasteiger partial charge in [-0.25, -0.2) is 0 Å². The fourth-order valence-corrected chi connectivity index (χ4v) is 2.22. The Bertz CT molecular complexity index is 223. The van der Waals surface area contributed by atoms with Gasteiger partial charge in [0, 0.05) is 32.3 Å². The third kappa shape index (κ3) is 8.17. The lowest BCUT2D eigenvalue weighted by molar-refractivity contribution is 0.0731. The molecule has 0 aliphatic carbocycles. The van der Waals surface area contributed by atoms with Crippen LogP contribution in [0.5, 0.6) is 0 Å². The average Bonchev–Trinajstić information content (AvgIpc) is 2.46. The first kappa shape index (κ1) is 19.8. The van der Waals surface area contributed by atoms with Crippen LogP contribution in [0.15, 0.2) is 0 Å². The highest BCUT2D eigenvalue weighted by Crippen LogP contribution is 2.13. The van der Waals surface area contributed by atoms with Crippen LogP contribution in [0.1, 0.15) is 33.1 Å². The Kier molecular flexibility index (Phi) is 11.3. The topological polar surface area (TPSA) is 54.0 Å². The quantitative estimate of drug-likeness (QED) is 0.498. The zero-order valence-electron chi connectivity index (χ0n) is 13.9. The van der Waals surface area contributed by atoms with E-state index in [1.165, 1.54) is 0 Å². The summed E-state index contributed by atoms with van der Waals surface area (Å²) in [7, 11) is 5.38. The lowest BCUT2D eigenvalue weighted by Gasteiger charge is -2.30. The molecular weight excluding hydrogens is 256 g/mol. The minimum absolute atomic E-state index is 0.157. The fraction of sp³-hybridized carbons (Fsp3) is 1.00. The standard InChI is InChI=1S/C15H34N2O3/c1-14(12-20-5)17(10-11-19-4)9-7-6-8-15(2,13-18)16-3/h14,16,18H,6-13H2,1-5H3. The third-order valence-electron chi connectivity index (χ3n) is 3.99. The maximum atomic E-state index is 9.36. The second-order valence-electron chi connectivity index (χ2n) is 5.76. The van der Waals surface area contributed by atoms with Crippen molar-refractivity contribution in [2.45, 2.75) is 44.7 Å². The first-order valence-corrected chi connectivity index (χ1v) is 7.54. The summed E-state index contributed by atoms with van der Waals surface area (Å²) in [4.78, 5) is 2.41. The second-order valence-corrected chi connectivity index (χ2v) is 5.76. The summed E-state index contributed by atoms with van der Waals surface area (Å²) in [6, 6.07) is 0.406. The molecule has 5 nitrogen and oxygen atoms in total. The molecule has 122 valence electrons. The minimum atomic E-state index is -0.157. The molecule has 0 saturated heterocycles. The Hall–Kier alpha value is -0.200. The maximum absolute atomic E-state index is 9.36. The van der Waals surface area contributed by atoms with E-state index in [-0.39, 0.29) is 12.1 Å². The number of hydrogen-bond acceptors (Lipinski definition) is 5. The molecule has 0 aromatic heterocycles. The summed E-state index contributed by atoms with van der Waals surface area (Å²) in [5.74, 6) is 0. The summed E-state index contributed by atoms with van der Waals surface area (Å²) in [6.07, 6.45) is 3.20. The number of aliphatic hydroxyl groups is 1. The van der Waals surface area contributed by atoms with Crippen LogP contribution in [0.25, 0.3) is 0 Å². The van der Waals surface area contributed by atoms with Crippen molar-refractivity contribution in [3.63, 3.8) is 0 Å². The molecule has 0 bridgehead atoms. The molecule has 2 N–H and O–H groups in total. The highest BCUT2D eigenvalue weighted by atomic mass is 16.5. The highest BCUT2D eigenvalue weighted by Gasteiger charge is 2.20. The number of unbranched alkanes of at least 4 members (excludes halogenated alkanes) is 1. The van der Waals surface area contributed by atoms with Gasteiger partial charge >= 0.3 is 0 Å². The van der Waals surface area contributed by atoms with Crippen LogP contribution >= 0.6 is 0 Å². The summed E-state index contributed by atoms with van der Waals surface area (Å²) in [5, 5.41) is 12.6. The van der Waals surface area contributed by atoms with Crippen molar-refractivity contribution in [2.24, 2.45) is 0 Å². The number of aliphatic hydroxyl groups excluding tert-OH is 1. The van der Waals surface area contributed by atoms with Gasteiger partial charge in [0.05, 0.1) is 19.8 Å². The number of likely N-dealkylation sites (N-methyl/N-ethyl adjacent to an activating group) is 1. The van der Waals surface area contributed by atoms with Crippen LogP contribution in [-0.4, -0.2) is 75.8 Å². The van der Waals surface area contributed by atoms with E-state index in [2.05, 4.69) is 24.1 Å². The van der Waals surface area contributed by atoms with Gasteiger partial charge in [0.2, 0.25) is 0 Å². The molecule has 0 heterocycles. The van der Waals surface area contributed by atoms with Gasteiger partial charge in [-0.3, -0.25) is 4.90 Å². The SMILES string of the molecule is CNC(C)(CO)CCCCN(CCOC)C(C)COC. The van der Waals surface area contributed by atoms with E-state index in [9.17, 15) is 5.11 Å². The molecule has 0 amide bonds. The van der Waals surface area contributed by atoms with Gasteiger partial charge in [0.15, 0.2) is 0 Å². The van der Waals surface area contributed by atoms with Gasteiger partial charge in [-0.15, -0.1) is 0 Å². The Labute approximate surface area is 124 Å². The molecule has 0 rings (SSSR count). The maximum Gasteiger partial charge on any atom is 0.0615 e. The predicted molar refractivity (Wildman–Crippen MR) is 83.2 cm³/mol. The van der Waals surface area contributed by atoms with Gasteiger partial charge in [-0.05, 0) is 40.3 Å². The minimum Gasteiger partial charge on any atom is -0.394 e. The molecule has 0 aromatic carbocycles. The first-order valence-electron chi connectivity index (χ1n) is 7.54. The summed E-state index contributed by atoms with van der Waals surface area (Å²) in [6.45, 7) is 7.89. The van der Waals surface area contributed by atoms with Crippen molar-refractivity contribution < 1.29 is 14.6 Å². The van der Waals surface area contributed by atoms with Crippen LogP contribution in [0, 0.1) is 0 Å². The number of ether oxygens (including phenoxy) is 2. The van der Waals surface area contributed by atoms with E-state index >= 15 is 0 Å². The molecule has 5 heteroatoms. The zero-order chi connectivity index (χ0) is 15.4. The average molecular weight is 290 g/mol. The molecule has 0 aliphatic rings. The van der Waals surface area contributed by atoms with Crippen molar-refractivity contribution in [2.75, 3.05) is 54.2 Å². The molecular formula is C15H34N2O3. The van der Waals surface area contributed by atoms with Crippen LogP contribution < -0.4 is 5.32 Å². The number of nitrogens with zero attached hydrogens (tertiary/aromatic N) is 1. The second kappa shape index (κ2) is 11.5. The molecule has 0 spiro atoms. The van der Waals surface area contributed by atoms with Crippen LogP contribution in [0.3, 0.4) is 0 Å². The summed E-state index contributed by atoms with van der Waals surface area (Å²) < 4.78 is 10.4. The van der Waals surface area contributed by atoms with E-state index in [0.717, 1.165) is 45.6 Å². The molecule has 2 unspecified atom stereocenters. The molecule has 0 radical (unpaired) electrons. The van der Waals surface area contributed by atoms with Gasteiger partial charge in [0.1, 0.15) is 0 Å². The number of rotatable bonds is 13. The Morgan fingerprint density at radius 2 is 1.90 bits per heavy atom. The fourth-order valence-electron chi connectivity index (χ4n) is 2.22. The largest absolute Gasteiger partial charge is 0.394 e. The predicted octanol–water partition coefficient (Wildman–Crippen LogP) is 1.11.